The highest BCUT2D eigenvalue weighted by atomic mass is 28.4. The Morgan fingerprint density at radius 1 is 1.28 bits per heavy atom. The minimum atomic E-state index is -2.03. The van der Waals surface area contributed by atoms with Gasteiger partial charge in [-0.3, -0.25) is 4.57 Å². The molecule has 1 fully saturated rings. The first-order valence-corrected chi connectivity index (χ1v) is 13.4. The van der Waals surface area contributed by atoms with Crippen LogP contribution in [-0.2, 0) is 13.9 Å². The summed E-state index contributed by atoms with van der Waals surface area (Å²) in [5, 5.41) is 0.0446. The van der Waals surface area contributed by atoms with E-state index >= 15 is 0 Å². The number of imidazole rings is 2. The van der Waals surface area contributed by atoms with E-state index in [0.717, 1.165) is 0 Å². The van der Waals surface area contributed by atoms with E-state index < -0.39 is 32.8 Å². The molecular weight excluding hydrogens is 430 g/mol. The molecule has 0 unspecified atom stereocenters. The highest BCUT2D eigenvalue weighted by molar-refractivity contribution is 6.74. The number of anilines is 1. The number of nitrogens with two attached hydrogens (primary N) is 1. The van der Waals surface area contributed by atoms with Gasteiger partial charge in [0.05, 0.1) is 12.9 Å². The molecule has 0 aromatic carbocycles. The van der Waals surface area contributed by atoms with Crippen LogP contribution in [-0.4, -0.2) is 62.3 Å². The van der Waals surface area contributed by atoms with Crippen molar-refractivity contribution >= 4 is 31.4 Å². The minimum Gasteiger partial charge on any atom is -0.443 e. The minimum absolute atomic E-state index is 0.0446. The van der Waals surface area contributed by atoms with E-state index in [0.29, 0.717) is 30.0 Å². The van der Waals surface area contributed by atoms with Gasteiger partial charge < -0.3 is 19.6 Å². The summed E-state index contributed by atoms with van der Waals surface area (Å²) >= 11 is 0. The third-order valence-corrected chi connectivity index (χ3v) is 10.8. The van der Waals surface area contributed by atoms with Gasteiger partial charge in [-0.15, -0.1) is 0 Å². The summed E-state index contributed by atoms with van der Waals surface area (Å²) in [6.45, 7) is 11.2. The lowest BCUT2D eigenvalue weighted by atomic mass is 10.2. The molecule has 11 nitrogen and oxygen atoms in total. The molecule has 172 valence electrons. The summed E-state index contributed by atoms with van der Waals surface area (Å²) in [7, 11) is -2.03. The van der Waals surface area contributed by atoms with Crippen molar-refractivity contribution in [1.82, 2.24) is 29.1 Å². The van der Waals surface area contributed by atoms with Gasteiger partial charge in [-0.05, 0) is 18.1 Å². The van der Waals surface area contributed by atoms with Crippen LogP contribution in [0.25, 0.3) is 11.2 Å². The van der Waals surface area contributed by atoms with Gasteiger partial charge in [0.1, 0.15) is 36.6 Å². The number of rotatable bonds is 5. The molecule has 1 aliphatic heterocycles. The first-order chi connectivity index (χ1) is 15.1. The summed E-state index contributed by atoms with van der Waals surface area (Å²) < 4.78 is 21.6. The zero-order chi connectivity index (χ0) is 23.1. The van der Waals surface area contributed by atoms with Crippen LogP contribution >= 0.6 is 0 Å². The number of aromatic nitrogens is 6. The number of carbonyl (C=O) groups excluding carboxylic acids is 1. The third kappa shape index (κ3) is 4.25. The standard InChI is InChI=1S/C20H29N7O4Si/c1-20(2,3)32(4,5)29-9-14-13(31-19(28)26-7-6-22-11-26)8-15(30-14)27-12-25-16-17(21)23-10-24-18(16)27/h6-7,10-15H,8-9H2,1-5H3,(H2,21,23,24)/t13-,14+,15+/m0/s1. The lowest BCUT2D eigenvalue weighted by Crippen LogP contribution is -2.44. The summed E-state index contributed by atoms with van der Waals surface area (Å²) in [6, 6.07) is 0. The van der Waals surface area contributed by atoms with E-state index in [9.17, 15) is 4.79 Å². The van der Waals surface area contributed by atoms with Gasteiger partial charge in [-0.25, -0.2) is 29.3 Å². The molecule has 0 bridgehead atoms. The summed E-state index contributed by atoms with van der Waals surface area (Å²) in [5.74, 6) is 0.299. The maximum atomic E-state index is 12.6. The number of hydrogen-bond donors (Lipinski definition) is 1. The van der Waals surface area contributed by atoms with Crippen LogP contribution in [0, 0.1) is 0 Å². The van der Waals surface area contributed by atoms with Gasteiger partial charge in [-0.1, -0.05) is 20.8 Å². The fourth-order valence-corrected chi connectivity index (χ4v) is 4.30. The monoisotopic (exact) mass is 459 g/mol. The molecule has 12 heteroatoms. The maximum absolute atomic E-state index is 12.6. The lowest BCUT2D eigenvalue weighted by Gasteiger charge is -2.37. The van der Waals surface area contributed by atoms with E-state index in [1.54, 1.807) is 17.1 Å². The highest BCUT2D eigenvalue weighted by Crippen LogP contribution is 2.38. The van der Waals surface area contributed by atoms with Crippen molar-refractivity contribution < 1.29 is 18.7 Å². The Labute approximate surface area is 187 Å². The zero-order valence-corrected chi connectivity index (χ0v) is 19.9. The predicted octanol–water partition coefficient (Wildman–Crippen LogP) is 2.97. The number of nitrogen functional groups attached to an aromatic ring is 1. The number of carbonyl (C=O) groups is 1. The molecule has 3 aromatic heterocycles. The second-order valence-electron chi connectivity index (χ2n) is 9.41. The molecule has 1 saturated heterocycles. The van der Waals surface area contributed by atoms with Gasteiger partial charge in [0.25, 0.3) is 0 Å². The van der Waals surface area contributed by atoms with E-state index in [2.05, 4.69) is 53.8 Å². The molecule has 3 aromatic rings. The molecule has 4 heterocycles. The second-order valence-corrected chi connectivity index (χ2v) is 14.2. The third-order valence-electron chi connectivity index (χ3n) is 6.26. The molecule has 4 rings (SSSR count). The Hall–Kier alpha value is -2.83. The number of nitrogens with zero attached hydrogens (tertiary/aromatic N) is 6. The van der Waals surface area contributed by atoms with Gasteiger partial charge >= 0.3 is 6.09 Å². The first-order valence-electron chi connectivity index (χ1n) is 10.5. The molecule has 0 amide bonds. The van der Waals surface area contributed by atoms with Crippen molar-refractivity contribution in [2.45, 2.75) is 63.8 Å². The van der Waals surface area contributed by atoms with Crippen LogP contribution in [0.15, 0.2) is 31.4 Å². The van der Waals surface area contributed by atoms with Gasteiger partial charge in [0.15, 0.2) is 19.8 Å². The number of hydrogen-bond acceptors (Lipinski definition) is 9. The Kier molecular flexibility index (Phi) is 5.77. The average Bonchev–Trinajstić information content (AvgIpc) is 3.45. The summed E-state index contributed by atoms with van der Waals surface area (Å²) in [6.07, 6.45) is 5.97. The molecular formula is C20H29N7O4Si. The van der Waals surface area contributed by atoms with Crippen LogP contribution in [0.2, 0.25) is 18.1 Å². The predicted molar refractivity (Wildman–Crippen MR) is 119 cm³/mol. The SMILES string of the molecule is CC(C)(C)[Si](C)(C)OC[C@H]1O[C@@H](n2cnc3c(N)ncnc32)C[C@@H]1OC(=O)n1ccnc1. The van der Waals surface area contributed by atoms with E-state index in [4.69, 9.17) is 19.6 Å². The van der Waals surface area contributed by atoms with Gasteiger partial charge in [-0.2, -0.15) is 0 Å². The van der Waals surface area contributed by atoms with Crippen molar-refractivity contribution in [3.8, 4) is 0 Å². The summed E-state index contributed by atoms with van der Waals surface area (Å²) in [5.41, 5.74) is 6.98. The quantitative estimate of drug-likeness (QED) is 0.572. The van der Waals surface area contributed by atoms with Crippen molar-refractivity contribution in [2.24, 2.45) is 0 Å². The zero-order valence-electron chi connectivity index (χ0n) is 18.9. The maximum Gasteiger partial charge on any atom is 0.419 e. The van der Waals surface area contributed by atoms with Gasteiger partial charge in [0, 0.05) is 18.8 Å². The number of fused-ring (bicyclic) bond motifs is 1. The largest absolute Gasteiger partial charge is 0.443 e. The first kappa shape index (κ1) is 22.4. The summed E-state index contributed by atoms with van der Waals surface area (Å²) in [4.78, 5) is 29.1. The Morgan fingerprint density at radius 2 is 2.06 bits per heavy atom. The molecule has 1 aliphatic rings. The topological polar surface area (TPSA) is 132 Å². The Bertz CT molecular complexity index is 1090. The van der Waals surface area contributed by atoms with E-state index in [-0.39, 0.29) is 5.04 Å². The molecule has 0 spiro atoms. The number of ether oxygens (including phenoxy) is 2. The Morgan fingerprint density at radius 3 is 2.75 bits per heavy atom. The van der Waals surface area contributed by atoms with Crippen LogP contribution in [0.5, 0.6) is 0 Å². The van der Waals surface area contributed by atoms with Crippen molar-refractivity contribution in [1.29, 1.82) is 0 Å². The van der Waals surface area contributed by atoms with Crippen LogP contribution in [0.3, 0.4) is 0 Å². The fraction of sp³-hybridized carbons (Fsp3) is 0.550. The molecule has 0 aliphatic carbocycles. The fourth-order valence-electron chi connectivity index (χ4n) is 3.29. The average molecular weight is 460 g/mol. The molecule has 0 saturated carbocycles. The van der Waals surface area contributed by atoms with Crippen LogP contribution in [0.1, 0.15) is 33.4 Å². The molecule has 2 N–H and O–H groups in total. The second kappa shape index (κ2) is 8.26. The van der Waals surface area contributed by atoms with Crippen molar-refractivity contribution in [3.05, 3.63) is 31.4 Å². The smallest absolute Gasteiger partial charge is 0.419 e. The Balaban J connectivity index is 1.56. The molecule has 3 atom stereocenters. The van der Waals surface area contributed by atoms with Gasteiger partial charge in [0.2, 0.25) is 0 Å². The molecule has 0 radical (unpaired) electrons. The normalized spacial score (nSPS) is 21.8. The van der Waals surface area contributed by atoms with Crippen molar-refractivity contribution in [2.75, 3.05) is 12.3 Å². The van der Waals surface area contributed by atoms with Crippen LogP contribution < -0.4 is 5.73 Å². The van der Waals surface area contributed by atoms with E-state index in [1.165, 1.54) is 23.4 Å². The lowest BCUT2D eigenvalue weighted by molar-refractivity contribution is -0.0432. The van der Waals surface area contributed by atoms with Crippen molar-refractivity contribution in [3.63, 3.8) is 0 Å². The highest BCUT2D eigenvalue weighted by Gasteiger charge is 2.43. The van der Waals surface area contributed by atoms with E-state index in [1.807, 2.05) is 0 Å². The van der Waals surface area contributed by atoms with Crippen LogP contribution in [0.4, 0.5) is 10.6 Å². The molecule has 32 heavy (non-hydrogen) atoms.